The first-order chi connectivity index (χ1) is 10.1. The standard InChI is InChI=1S/C15H20N4O2/c1-10(2)18-6-3-4-12(18)9-14-17-16-13-8-11(15(20)21)5-7-19(13)14/h5,7-8,10,12H,3-4,6,9H2,1-2H3,(H,20,21). The minimum absolute atomic E-state index is 0.242. The summed E-state index contributed by atoms with van der Waals surface area (Å²) in [6, 6.07) is 4.19. The Labute approximate surface area is 123 Å². The molecular weight excluding hydrogens is 268 g/mol. The van der Waals surface area contributed by atoms with Gasteiger partial charge in [0.05, 0.1) is 5.56 Å². The van der Waals surface area contributed by atoms with E-state index in [0.29, 0.717) is 17.7 Å². The first-order valence-electron chi connectivity index (χ1n) is 7.39. The van der Waals surface area contributed by atoms with Crippen molar-refractivity contribution in [2.45, 2.75) is 45.2 Å². The number of nitrogens with zero attached hydrogens (tertiary/aromatic N) is 4. The first-order valence-corrected chi connectivity index (χ1v) is 7.39. The van der Waals surface area contributed by atoms with Gasteiger partial charge in [0.15, 0.2) is 5.65 Å². The molecule has 2 aromatic heterocycles. The molecule has 1 atom stereocenters. The third kappa shape index (κ3) is 2.63. The van der Waals surface area contributed by atoms with E-state index < -0.39 is 5.97 Å². The summed E-state index contributed by atoms with van der Waals surface area (Å²) in [6.07, 6.45) is 5.01. The van der Waals surface area contributed by atoms with Crippen LogP contribution in [-0.4, -0.2) is 49.2 Å². The van der Waals surface area contributed by atoms with E-state index in [4.69, 9.17) is 5.11 Å². The number of likely N-dealkylation sites (tertiary alicyclic amines) is 1. The Morgan fingerprint density at radius 3 is 3.00 bits per heavy atom. The largest absolute Gasteiger partial charge is 0.478 e. The maximum absolute atomic E-state index is 11.0. The molecule has 1 aliphatic rings. The maximum atomic E-state index is 11.0. The van der Waals surface area contributed by atoms with Crippen LogP contribution in [0.1, 0.15) is 42.9 Å². The van der Waals surface area contributed by atoms with Gasteiger partial charge in [-0.3, -0.25) is 9.30 Å². The van der Waals surface area contributed by atoms with Gasteiger partial charge in [0, 0.05) is 24.7 Å². The van der Waals surface area contributed by atoms with Crippen LogP contribution in [0.2, 0.25) is 0 Å². The van der Waals surface area contributed by atoms with Crippen molar-refractivity contribution in [3.63, 3.8) is 0 Å². The van der Waals surface area contributed by atoms with Crippen LogP contribution in [0.25, 0.3) is 5.65 Å². The number of hydrogen-bond acceptors (Lipinski definition) is 4. The van der Waals surface area contributed by atoms with Crippen molar-refractivity contribution in [3.8, 4) is 0 Å². The number of carboxylic acids is 1. The second-order valence-electron chi connectivity index (χ2n) is 5.90. The zero-order valence-corrected chi connectivity index (χ0v) is 12.4. The molecule has 0 amide bonds. The Kier molecular flexibility index (Phi) is 3.63. The quantitative estimate of drug-likeness (QED) is 0.929. The molecule has 1 saturated heterocycles. The molecule has 3 rings (SSSR count). The summed E-state index contributed by atoms with van der Waals surface area (Å²) < 4.78 is 1.89. The van der Waals surface area contributed by atoms with Crippen LogP contribution in [0.3, 0.4) is 0 Å². The number of aromatic carboxylic acids is 1. The van der Waals surface area contributed by atoms with Crippen molar-refractivity contribution in [1.29, 1.82) is 0 Å². The molecule has 1 unspecified atom stereocenters. The smallest absolute Gasteiger partial charge is 0.335 e. The third-order valence-electron chi connectivity index (χ3n) is 4.23. The van der Waals surface area contributed by atoms with Crippen LogP contribution in [0, 0.1) is 0 Å². The Morgan fingerprint density at radius 1 is 1.48 bits per heavy atom. The minimum Gasteiger partial charge on any atom is -0.478 e. The Morgan fingerprint density at radius 2 is 2.29 bits per heavy atom. The summed E-state index contributed by atoms with van der Waals surface area (Å²) in [6.45, 7) is 5.58. The van der Waals surface area contributed by atoms with Gasteiger partial charge in [-0.15, -0.1) is 10.2 Å². The fraction of sp³-hybridized carbons (Fsp3) is 0.533. The molecule has 0 bridgehead atoms. The van der Waals surface area contributed by atoms with Crippen molar-refractivity contribution >= 4 is 11.6 Å². The van der Waals surface area contributed by atoms with Crippen molar-refractivity contribution in [2.75, 3.05) is 6.54 Å². The molecule has 1 N–H and O–H groups in total. The highest BCUT2D eigenvalue weighted by molar-refractivity contribution is 5.88. The fourth-order valence-electron chi connectivity index (χ4n) is 3.18. The minimum atomic E-state index is -0.941. The molecule has 0 saturated carbocycles. The zero-order valence-electron chi connectivity index (χ0n) is 12.4. The number of fused-ring (bicyclic) bond motifs is 1. The molecule has 6 nitrogen and oxygen atoms in total. The van der Waals surface area contributed by atoms with Gasteiger partial charge >= 0.3 is 5.97 Å². The molecule has 0 radical (unpaired) electrons. The van der Waals surface area contributed by atoms with E-state index in [1.165, 1.54) is 12.8 Å². The number of carbonyl (C=O) groups is 1. The Hall–Kier alpha value is -1.95. The van der Waals surface area contributed by atoms with Crippen LogP contribution >= 0.6 is 0 Å². The number of rotatable bonds is 4. The first kappa shape index (κ1) is 14.0. The summed E-state index contributed by atoms with van der Waals surface area (Å²) >= 11 is 0. The summed E-state index contributed by atoms with van der Waals surface area (Å²) in [5.74, 6) is -0.0386. The zero-order chi connectivity index (χ0) is 15.0. The van der Waals surface area contributed by atoms with Crippen LogP contribution < -0.4 is 0 Å². The van der Waals surface area contributed by atoms with Crippen molar-refractivity contribution < 1.29 is 9.90 Å². The Bertz CT molecular complexity index is 665. The lowest BCUT2D eigenvalue weighted by Crippen LogP contribution is -2.37. The highest BCUT2D eigenvalue weighted by Crippen LogP contribution is 2.23. The van der Waals surface area contributed by atoms with Crippen molar-refractivity contribution in [1.82, 2.24) is 19.5 Å². The summed E-state index contributed by atoms with van der Waals surface area (Å²) in [5, 5.41) is 17.4. The molecule has 21 heavy (non-hydrogen) atoms. The van der Waals surface area contributed by atoms with Crippen LogP contribution in [0.4, 0.5) is 0 Å². The van der Waals surface area contributed by atoms with Gasteiger partial charge < -0.3 is 5.11 Å². The van der Waals surface area contributed by atoms with Gasteiger partial charge in [-0.05, 0) is 45.4 Å². The number of aromatic nitrogens is 3. The van der Waals surface area contributed by atoms with Crippen LogP contribution in [-0.2, 0) is 6.42 Å². The maximum Gasteiger partial charge on any atom is 0.335 e. The topological polar surface area (TPSA) is 70.7 Å². The average Bonchev–Trinajstić information content (AvgIpc) is 3.06. The molecule has 3 heterocycles. The fourth-order valence-corrected chi connectivity index (χ4v) is 3.18. The molecule has 0 aliphatic carbocycles. The van der Waals surface area contributed by atoms with Crippen LogP contribution in [0.15, 0.2) is 18.3 Å². The molecule has 6 heteroatoms. The van der Waals surface area contributed by atoms with E-state index in [0.717, 1.165) is 18.8 Å². The summed E-state index contributed by atoms with van der Waals surface area (Å²) in [4.78, 5) is 13.5. The van der Waals surface area contributed by atoms with Gasteiger partial charge in [-0.1, -0.05) is 0 Å². The highest BCUT2D eigenvalue weighted by atomic mass is 16.4. The third-order valence-corrected chi connectivity index (χ3v) is 4.23. The lowest BCUT2D eigenvalue weighted by Gasteiger charge is -2.27. The van der Waals surface area contributed by atoms with E-state index in [-0.39, 0.29) is 5.56 Å². The summed E-state index contributed by atoms with van der Waals surface area (Å²) in [7, 11) is 0. The lowest BCUT2D eigenvalue weighted by atomic mass is 10.1. The lowest BCUT2D eigenvalue weighted by molar-refractivity contribution is 0.0697. The second-order valence-corrected chi connectivity index (χ2v) is 5.90. The summed E-state index contributed by atoms with van der Waals surface area (Å²) in [5.41, 5.74) is 0.838. The average molecular weight is 288 g/mol. The van der Waals surface area contributed by atoms with Gasteiger partial charge in [0.1, 0.15) is 5.82 Å². The predicted octanol–water partition coefficient (Wildman–Crippen LogP) is 1.84. The number of pyridine rings is 1. The molecule has 2 aromatic rings. The van der Waals surface area contributed by atoms with Crippen LogP contribution in [0.5, 0.6) is 0 Å². The molecule has 112 valence electrons. The number of hydrogen-bond donors (Lipinski definition) is 1. The Balaban J connectivity index is 1.86. The van der Waals surface area contributed by atoms with Gasteiger partial charge in [-0.25, -0.2) is 4.79 Å². The molecule has 0 spiro atoms. The van der Waals surface area contributed by atoms with Gasteiger partial charge in [-0.2, -0.15) is 0 Å². The van der Waals surface area contributed by atoms with Gasteiger partial charge in [0.2, 0.25) is 0 Å². The van der Waals surface area contributed by atoms with Crippen molar-refractivity contribution in [2.24, 2.45) is 0 Å². The van der Waals surface area contributed by atoms with E-state index in [2.05, 4.69) is 28.9 Å². The molecule has 0 aromatic carbocycles. The van der Waals surface area contributed by atoms with E-state index in [1.54, 1.807) is 18.3 Å². The monoisotopic (exact) mass is 288 g/mol. The van der Waals surface area contributed by atoms with Gasteiger partial charge in [0.25, 0.3) is 0 Å². The number of carboxylic acid groups (broad SMARTS) is 1. The normalized spacial score (nSPS) is 19.7. The molecule has 1 fully saturated rings. The van der Waals surface area contributed by atoms with E-state index >= 15 is 0 Å². The SMILES string of the molecule is CC(C)N1CCCC1Cc1nnc2cc(C(=O)O)ccn12. The second kappa shape index (κ2) is 5.44. The molecular formula is C15H20N4O2. The highest BCUT2D eigenvalue weighted by Gasteiger charge is 2.28. The predicted molar refractivity (Wildman–Crippen MR) is 78.5 cm³/mol. The van der Waals surface area contributed by atoms with E-state index in [1.807, 2.05) is 4.40 Å². The van der Waals surface area contributed by atoms with E-state index in [9.17, 15) is 4.79 Å². The van der Waals surface area contributed by atoms with Crippen molar-refractivity contribution in [3.05, 3.63) is 29.7 Å². The molecule has 1 aliphatic heterocycles.